The van der Waals surface area contributed by atoms with E-state index in [1.54, 1.807) is 0 Å². The molecule has 1 aromatic carbocycles. The maximum absolute atomic E-state index is 12.2. The van der Waals surface area contributed by atoms with Gasteiger partial charge in [-0.05, 0) is 18.6 Å². The molecule has 1 aliphatic rings. The molecule has 0 saturated carbocycles. The number of carbonyl (C=O) groups is 1. The molecular weight excluding hydrogens is 286 g/mol. The van der Waals surface area contributed by atoms with Crippen LogP contribution in [0.4, 0.5) is 5.00 Å². The molecule has 1 amide bonds. The van der Waals surface area contributed by atoms with Gasteiger partial charge in [0, 0.05) is 24.7 Å². The van der Waals surface area contributed by atoms with E-state index in [-0.39, 0.29) is 5.91 Å². The third kappa shape index (κ3) is 3.47. The molecule has 1 saturated heterocycles. The number of morpholine rings is 1. The van der Waals surface area contributed by atoms with Gasteiger partial charge in [-0.15, -0.1) is 0 Å². The lowest BCUT2D eigenvalue weighted by Gasteiger charge is -2.28. The molecule has 1 unspecified atom stereocenters. The Kier molecular flexibility index (Phi) is 4.28. The Labute approximate surface area is 127 Å². The molecule has 5 nitrogen and oxygen atoms in total. The molecule has 2 heterocycles. The lowest BCUT2D eigenvalue weighted by molar-refractivity contribution is -0.132. The van der Waals surface area contributed by atoms with Crippen molar-refractivity contribution in [1.82, 2.24) is 9.27 Å². The quantitative estimate of drug-likeness (QED) is 0.943. The highest BCUT2D eigenvalue weighted by Gasteiger charge is 2.25. The van der Waals surface area contributed by atoms with Crippen molar-refractivity contribution < 1.29 is 9.53 Å². The SMILES string of the molecule is CN1CCOC(C(=O)Nc2cc(-c3ccccc3)ns2)C1. The standard InChI is InChI=1S/C15H17N3O2S/c1-18-7-8-20-13(10-18)15(19)16-14-9-12(17-21-14)11-5-3-2-4-6-11/h2-6,9,13H,7-8,10H2,1H3,(H,16,19). The normalized spacial score (nSPS) is 19.4. The molecule has 1 aliphatic heterocycles. The summed E-state index contributed by atoms with van der Waals surface area (Å²) in [6.45, 7) is 2.07. The van der Waals surface area contributed by atoms with Crippen molar-refractivity contribution in [1.29, 1.82) is 0 Å². The number of carbonyl (C=O) groups excluding carboxylic acids is 1. The maximum atomic E-state index is 12.2. The Morgan fingerprint density at radius 3 is 3.00 bits per heavy atom. The summed E-state index contributed by atoms with van der Waals surface area (Å²) in [7, 11) is 1.99. The Bertz CT molecular complexity index is 614. The highest BCUT2D eigenvalue weighted by atomic mass is 32.1. The molecule has 21 heavy (non-hydrogen) atoms. The number of ether oxygens (including phenoxy) is 1. The summed E-state index contributed by atoms with van der Waals surface area (Å²) < 4.78 is 9.88. The summed E-state index contributed by atoms with van der Waals surface area (Å²) in [6, 6.07) is 11.8. The van der Waals surface area contributed by atoms with E-state index in [4.69, 9.17) is 4.74 Å². The van der Waals surface area contributed by atoms with Gasteiger partial charge in [-0.3, -0.25) is 4.79 Å². The first kappa shape index (κ1) is 14.2. The third-order valence-corrected chi connectivity index (χ3v) is 4.09. The van der Waals surface area contributed by atoms with Crippen LogP contribution in [0.1, 0.15) is 0 Å². The van der Waals surface area contributed by atoms with E-state index in [2.05, 4.69) is 14.6 Å². The first-order valence-corrected chi connectivity index (χ1v) is 7.63. The minimum atomic E-state index is -0.411. The van der Waals surface area contributed by atoms with Gasteiger partial charge in [-0.25, -0.2) is 0 Å². The van der Waals surface area contributed by atoms with E-state index in [0.717, 1.165) is 22.8 Å². The zero-order valence-corrected chi connectivity index (χ0v) is 12.6. The molecule has 0 bridgehead atoms. The molecule has 0 aliphatic carbocycles. The van der Waals surface area contributed by atoms with Gasteiger partial charge in [-0.2, -0.15) is 4.37 Å². The molecule has 1 atom stereocenters. The van der Waals surface area contributed by atoms with Crippen LogP contribution in [-0.4, -0.2) is 48.0 Å². The van der Waals surface area contributed by atoms with Crippen LogP contribution in [0.25, 0.3) is 11.3 Å². The van der Waals surface area contributed by atoms with Gasteiger partial charge in [0.15, 0.2) is 0 Å². The second-order valence-corrected chi connectivity index (χ2v) is 5.86. The van der Waals surface area contributed by atoms with E-state index in [9.17, 15) is 4.79 Å². The van der Waals surface area contributed by atoms with Gasteiger partial charge in [0.1, 0.15) is 11.1 Å². The van der Waals surface area contributed by atoms with Crippen molar-refractivity contribution in [3.63, 3.8) is 0 Å². The van der Waals surface area contributed by atoms with Crippen LogP contribution < -0.4 is 5.32 Å². The zero-order chi connectivity index (χ0) is 14.7. The van der Waals surface area contributed by atoms with Crippen LogP contribution in [0.15, 0.2) is 36.4 Å². The van der Waals surface area contributed by atoms with E-state index in [1.807, 2.05) is 43.4 Å². The van der Waals surface area contributed by atoms with Crippen LogP contribution >= 0.6 is 11.5 Å². The number of likely N-dealkylation sites (N-methyl/N-ethyl adjacent to an activating group) is 1. The van der Waals surface area contributed by atoms with Gasteiger partial charge in [0.05, 0.1) is 12.3 Å². The molecular formula is C15H17N3O2S. The van der Waals surface area contributed by atoms with Gasteiger partial charge < -0.3 is 15.0 Å². The third-order valence-electron chi connectivity index (χ3n) is 3.39. The highest BCUT2D eigenvalue weighted by Crippen LogP contribution is 2.25. The second kappa shape index (κ2) is 6.34. The summed E-state index contributed by atoms with van der Waals surface area (Å²) >= 11 is 1.29. The highest BCUT2D eigenvalue weighted by molar-refractivity contribution is 7.10. The number of anilines is 1. The monoisotopic (exact) mass is 303 g/mol. The van der Waals surface area contributed by atoms with Crippen molar-refractivity contribution in [2.75, 3.05) is 32.1 Å². The van der Waals surface area contributed by atoms with Crippen molar-refractivity contribution in [2.45, 2.75) is 6.10 Å². The average Bonchev–Trinajstić information content (AvgIpc) is 2.97. The zero-order valence-electron chi connectivity index (χ0n) is 11.8. The fourth-order valence-electron chi connectivity index (χ4n) is 2.22. The first-order chi connectivity index (χ1) is 10.2. The van der Waals surface area contributed by atoms with Crippen LogP contribution in [0, 0.1) is 0 Å². The molecule has 0 radical (unpaired) electrons. The van der Waals surface area contributed by atoms with E-state index >= 15 is 0 Å². The molecule has 1 N–H and O–H groups in total. The smallest absolute Gasteiger partial charge is 0.255 e. The Morgan fingerprint density at radius 2 is 2.24 bits per heavy atom. The van der Waals surface area contributed by atoms with Gasteiger partial charge in [-0.1, -0.05) is 30.3 Å². The fourth-order valence-corrected chi connectivity index (χ4v) is 2.88. The minimum absolute atomic E-state index is 0.107. The van der Waals surface area contributed by atoms with E-state index < -0.39 is 6.10 Å². The molecule has 1 aromatic heterocycles. The largest absolute Gasteiger partial charge is 0.366 e. The Morgan fingerprint density at radius 1 is 1.43 bits per heavy atom. The number of amides is 1. The van der Waals surface area contributed by atoms with Gasteiger partial charge in [0.2, 0.25) is 0 Å². The average molecular weight is 303 g/mol. The molecule has 0 spiro atoms. The van der Waals surface area contributed by atoms with Crippen molar-refractivity contribution in [3.8, 4) is 11.3 Å². The lowest BCUT2D eigenvalue weighted by Crippen LogP contribution is -2.46. The first-order valence-electron chi connectivity index (χ1n) is 6.85. The summed E-state index contributed by atoms with van der Waals surface area (Å²) in [5, 5.41) is 3.63. The number of nitrogens with one attached hydrogen (secondary N) is 1. The summed E-state index contributed by atoms with van der Waals surface area (Å²) in [4.78, 5) is 14.3. The van der Waals surface area contributed by atoms with Gasteiger partial charge in [0.25, 0.3) is 5.91 Å². The molecule has 2 aromatic rings. The number of hydrogen-bond donors (Lipinski definition) is 1. The molecule has 1 fully saturated rings. The maximum Gasteiger partial charge on any atom is 0.255 e. The molecule has 3 rings (SSSR count). The van der Waals surface area contributed by atoms with Crippen LogP contribution in [0.2, 0.25) is 0 Å². The number of rotatable bonds is 3. The van der Waals surface area contributed by atoms with E-state index in [0.29, 0.717) is 13.2 Å². The predicted molar refractivity (Wildman–Crippen MR) is 83.4 cm³/mol. The predicted octanol–water partition coefficient (Wildman–Crippen LogP) is 2.08. The van der Waals surface area contributed by atoms with Crippen LogP contribution in [0.3, 0.4) is 0 Å². The summed E-state index contributed by atoms with van der Waals surface area (Å²) in [5.74, 6) is -0.107. The van der Waals surface area contributed by atoms with Crippen molar-refractivity contribution in [2.24, 2.45) is 0 Å². The topological polar surface area (TPSA) is 54.5 Å². The van der Waals surface area contributed by atoms with Crippen LogP contribution in [0.5, 0.6) is 0 Å². The van der Waals surface area contributed by atoms with Gasteiger partial charge >= 0.3 is 0 Å². The minimum Gasteiger partial charge on any atom is -0.366 e. The molecule has 110 valence electrons. The molecule has 6 heteroatoms. The number of benzene rings is 1. The van der Waals surface area contributed by atoms with Crippen molar-refractivity contribution >= 4 is 22.4 Å². The summed E-state index contributed by atoms with van der Waals surface area (Å²) in [5.41, 5.74) is 1.92. The van der Waals surface area contributed by atoms with E-state index in [1.165, 1.54) is 11.5 Å². The number of hydrogen-bond acceptors (Lipinski definition) is 5. The number of aromatic nitrogens is 1. The number of nitrogens with zero attached hydrogens (tertiary/aromatic N) is 2. The van der Waals surface area contributed by atoms with Crippen LogP contribution in [-0.2, 0) is 9.53 Å². The lowest BCUT2D eigenvalue weighted by atomic mass is 10.1. The second-order valence-electron chi connectivity index (χ2n) is 5.05. The fraction of sp³-hybridized carbons (Fsp3) is 0.333. The summed E-state index contributed by atoms with van der Waals surface area (Å²) in [6.07, 6.45) is -0.411. The Hall–Kier alpha value is -1.76. The Balaban J connectivity index is 1.66. The van der Waals surface area contributed by atoms with Crippen molar-refractivity contribution in [3.05, 3.63) is 36.4 Å².